The minimum absolute atomic E-state index is 0.0473. The molecular weight excluding hydrogens is 497 g/mol. The Hall–Kier alpha value is -5.33. The lowest BCUT2D eigenvalue weighted by Gasteiger charge is -2.14. The van der Waals surface area contributed by atoms with Crippen molar-refractivity contribution in [2.45, 2.75) is 19.0 Å². The fourth-order valence-electron chi connectivity index (χ4n) is 3.93. The third-order valence-electron chi connectivity index (χ3n) is 5.76. The number of phenols is 1. The number of aromatic nitrogens is 5. The highest BCUT2D eigenvalue weighted by Crippen LogP contribution is 2.28. The summed E-state index contributed by atoms with van der Waals surface area (Å²) in [5, 5.41) is 20.7. The molecule has 0 bridgehead atoms. The van der Waals surface area contributed by atoms with Gasteiger partial charge in [0.05, 0.1) is 18.5 Å². The van der Waals surface area contributed by atoms with Gasteiger partial charge >= 0.3 is 0 Å². The predicted molar refractivity (Wildman–Crippen MR) is 131 cm³/mol. The Labute approximate surface area is 213 Å². The van der Waals surface area contributed by atoms with Crippen molar-refractivity contribution < 1.29 is 23.5 Å². The number of fused-ring (bicyclic) bond motifs is 1. The number of aromatic amines is 1. The van der Waals surface area contributed by atoms with Gasteiger partial charge in [0.1, 0.15) is 17.3 Å². The molecule has 2 amide bonds. The Bertz CT molecular complexity index is 1720. The van der Waals surface area contributed by atoms with Crippen LogP contribution in [0.5, 0.6) is 5.75 Å². The molecule has 0 aliphatic rings. The summed E-state index contributed by atoms with van der Waals surface area (Å²) in [4.78, 5) is 45.0. The van der Waals surface area contributed by atoms with E-state index in [1.165, 1.54) is 35.0 Å². The Morgan fingerprint density at radius 3 is 2.84 bits per heavy atom. The van der Waals surface area contributed by atoms with E-state index < -0.39 is 35.0 Å². The van der Waals surface area contributed by atoms with E-state index >= 15 is 0 Å². The van der Waals surface area contributed by atoms with Crippen molar-refractivity contribution in [3.63, 3.8) is 0 Å². The van der Waals surface area contributed by atoms with E-state index in [0.29, 0.717) is 16.8 Å². The second-order valence-electron chi connectivity index (χ2n) is 8.38. The van der Waals surface area contributed by atoms with E-state index in [9.17, 15) is 23.9 Å². The highest BCUT2D eigenvalue weighted by molar-refractivity contribution is 5.94. The third-order valence-corrected chi connectivity index (χ3v) is 5.76. The summed E-state index contributed by atoms with van der Waals surface area (Å²) in [5.41, 5.74) is 6.07. The van der Waals surface area contributed by atoms with Crippen LogP contribution in [0.1, 0.15) is 34.3 Å². The SMILES string of the molecule is NC(=O)C[C@@H](NC(=O)c1cccn(Cc2ccc(O)c(F)c2)c1=O)c1nnc(-c2c[nH]c3ncccc23)o1. The van der Waals surface area contributed by atoms with E-state index in [1.54, 1.807) is 18.5 Å². The number of phenolic OH excluding ortho intramolecular Hbond substituents is 1. The van der Waals surface area contributed by atoms with Crippen molar-refractivity contribution >= 4 is 22.8 Å². The molecule has 4 heterocycles. The first-order valence-corrected chi connectivity index (χ1v) is 11.3. The largest absolute Gasteiger partial charge is 0.505 e. The van der Waals surface area contributed by atoms with E-state index in [-0.39, 0.29) is 30.3 Å². The molecular formula is C25H20FN7O5. The molecule has 5 aromatic rings. The van der Waals surface area contributed by atoms with Gasteiger partial charge in [-0.2, -0.15) is 0 Å². The van der Waals surface area contributed by atoms with Crippen LogP contribution in [-0.2, 0) is 11.3 Å². The number of nitrogens with zero attached hydrogens (tertiary/aromatic N) is 4. The number of benzene rings is 1. The van der Waals surface area contributed by atoms with Gasteiger partial charge in [-0.15, -0.1) is 10.2 Å². The van der Waals surface area contributed by atoms with Gasteiger partial charge in [0, 0.05) is 24.0 Å². The van der Waals surface area contributed by atoms with Crippen LogP contribution in [0.15, 0.2) is 70.3 Å². The van der Waals surface area contributed by atoms with Crippen molar-refractivity contribution in [2.24, 2.45) is 5.73 Å². The second-order valence-corrected chi connectivity index (χ2v) is 8.38. The van der Waals surface area contributed by atoms with Crippen molar-refractivity contribution in [1.29, 1.82) is 0 Å². The van der Waals surface area contributed by atoms with Gasteiger partial charge in [-0.05, 0) is 42.0 Å². The van der Waals surface area contributed by atoms with Crippen LogP contribution in [0.3, 0.4) is 0 Å². The number of carbonyl (C=O) groups is 2. The predicted octanol–water partition coefficient (Wildman–Crippen LogP) is 2.01. The molecule has 12 nitrogen and oxygen atoms in total. The maximum atomic E-state index is 13.7. The topological polar surface area (TPSA) is 182 Å². The number of primary amides is 1. The first kappa shape index (κ1) is 24.4. The minimum Gasteiger partial charge on any atom is -0.505 e. The van der Waals surface area contributed by atoms with E-state index in [1.807, 2.05) is 6.07 Å². The number of nitrogens with two attached hydrogens (primary N) is 1. The zero-order chi connectivity index (χ0) is 26.8. The molecule has 0 aliphatic heterocycles. The summed E-state index contributed by atoms with van der Waals surface area (Å²) in [7, 11) is 0. The smallest absolute Gasteiger partial charge is 0.263 e. The van der Waals surface area contributed by atoms with E-state index in [0.717, 1.165) is 11.5 Å². The molecule has 192 valence electrons. The highest BCUT2D eigenvalue weighted by atomic mass is 19.1. The van der Waals surface area contributed by atoms with Gasteiger partial charge in [-0.25, -0.2) is 9.37 Å². The van der Waals surface area contributed by atoms with Crippen LogP contribution in [0.4, 0.5) is 4.39 Å². The Kier molecular flexibility index (Phi) is 6.39. The first-order valence-electron chi connectivity index (χ1n) is 11.3. The molecule has 1 aromatic carbocycles. The minimum atomic E-state index is -1.11. The number of nitrogens with one attached hydrogen (secondary N) is 2. The maximum Gasteiger partial charge on any atom is 0.263 e. The molecule has 0 spiro atoms. The monoisotopic (exact) mass is 517 g/mol. The number of rotatable bonds is 8. The maximum absolute atomic E-state index is 13.7. The van der Waals surface area contributed by atoms with Gasteiger partial charge in [0.15, 0.2) is 11.6 Å². The number of hydrogen-bond donors (Lipinski definition) is 4. The van der Waals surface area contributed by atoms with Crippen molar-refractivity contribution in [1.82, 2.24) is 30.0 Å². The molecule has 13 heteroatoms. The third kappa shape index (κ3) is 4.84. The van der Waals surface area contributed by atoms with E-state index in [4.69, 9.17) is 10.2 Å². The molecule has 0 radical (unpaired) electrons. The summed E-state index contributed by atoms with van der Waals surface area (Å²) in [6.45, 7) is -0.0473. The van der Waals surface area contributed by atoms with Crippen molar-refractivity contribution in [3.05, 3.63) is 94.2 Å². The Morgan fingerprint density at radius 2 is 2.05 bits per heavy atom. The van der Waals surface area contributed by atoms with E-state index in [2.05, 4.69) is 25.5 Å². The van der Waals surface area contributed by atoms with Crippen LogP contribution in [0, 0.1) is 5.82 Å². The number of pyridine rings is 2. The summed E-state index contributed by atoms with van der Waals surface area (Å²) >= 11 is 0. The molecule has 0 saturated heterocycles. The van der Waals surface area contributed by atoms with Crippen LogP contribution in [0.25, 0.3) is 22.5 Å². The standard InChI is InChI=1S/C25H20FN7O5/c26-17-9-13(5-6-19(17)34)12-33-8-2-4-15(25(33)37)22(36)30-18(10-20(27)35)24-32-31-23(38-24)16-11-29-21-14(16)3-1-7-28-21/h1-9,11,18,34H,10,12H2,(H2,27,35)(H,28,29)(H,30,36)/t18-/m1/s1. The lowest BCUT2D eigenvalue weighted by molar-refractivity contribution is -0.118. The number of halogens is 1. The Morgan fingerprint density at radius 1 is 1.21 bits per heavy atom. The van der Waals surface area contributed by atoms with Gasteiger partial charge in [0.25, 0.3) is 11.5 Å². The van der Waals surface area contributed by atoms with Crippen molar-refractivity contribution in [3.8, 4) is 17.2 Å². The molecule has 0 unspecified atom stereocenters. The summed E-state index contributed by atoms with van der Waals surface area (Å²) < 4.78 is 20.7. The van der Waals surface area contributed by atoms with Crippen LogP contribution in [0.2, 0.25) is 0 Å². The van der Waals surface area contributed by atoms with Gasteiger partial charge in [-0.3, -0.25) is 14.4 Å². The lowest BCUT2D eigenvalue weighted by atomic mass is 10.1. The molecule has 38 heavy (non-hydrogen) atoms. The Balaban J connectivity index is 1.40. The fourth-order valence-corrected chi connectivity index (χ4v) is 3.93. The zero-order valence-corrected chi connectivity index (χ0v) is 19.6. The number of amides is 2. The van der Waals surface area contributed by atoms with Gasteiger partial charge in [-0.1, -0.05) is 6.07 Å². The summed E-state index contributed by atoms with van der Waals surface area (Å²) in [6.07, 6.45) is 4.34. The molecule has 5 N–H and O–H groups in total. The van der Waals surface area contributed by atoms with Crippen LogP contribution < -0.4 is 16.6 Å². The lowest BCUT2D eigenvalue weighted by Crippen LogP contribution is -2.36. The molecule has 0 saturated carbocycles. The number of hydrogen-bond acceptors (Lipinski definition) is 8. The van der Waals surface area contributed by atoms with Crippen LogP contribution >= 0.6 is 0 Å². The quantitative estimate of drug-likeness (QED) is 0.241. The fraction of sp³-hybridized carbons (Fsp3) is 0.120. The second kappa shape index (κ2) is 9.97. The number of aromatic hydroxyl groups is 1. The summed E-state index contributed by atoms with van der Waals surface area (Å²) in [5.74, 6) is -2.84. The molecule has 0 fully saturated rings. The summed E-state index contributed by atoms with van der Waals surface area (Å²) in [6, 6.07) is 8.96. The zero-order valence-electron chi connectivity index (χ0n) is 19.6. The molecule has 5 rings (SSSR count). The number of carbonyl (C=O) groups excluding carboxylic acids is 2. The van der Waals surface area contributed by atoms with Crippen molar-refractivity contribution in [2.75, 3.05) is 0 Å². The molecule has 4 aromatic heterocycles. The number of H-pyrrole nitrogens is 1. The van der Waals surface area contributed by atoms with Gasteiger partial charge in [0.2, 0.25) is 17.7 Å². The average molecular weight is 517 g/mol. The normalized spacial score (nSPS) is 11.9. The van der Waals surface area contributed by atoms with Crippen LogP contribution in [-0.4, -0.2) is 41.7 Å². The average Bonchev–Trinajstić information content (AvgIpc) is 3.54. The molecule has 1 atom stereocenters. The highest BCUT2D eigenvalue weighted by Gasteiger charge is 2.26. The molecule has 0 aliphatic carbocycles. The van der Waals surface area contributed by atoms with Gasteiger partial charge < -0.3 is 30.1 Å². The first-order chi connectivity index (χ1) is 18.3.